The molecule has 2 atom stereocenters. The van der Waals surface area contributed by atoms with E-state index in [1.807, 2.05) is 18.2 Å². The Morgan fingerprint density at radius 2 is 2.05 bits per heavy atom. The Bertz CT molecular complexity index is 397. The number of hydrogen-bond donors (Lipinski definition) is 1. The molecule has 4 heteroatoms. The second-order valence-corrected chi connectivity index (χ2v) is 6.78. The van der Waals surface area contributed by atoms with Crippen LogP contribution in [-0.2, 0) is 10.8 Å². The van der Waals surface area contributed by atoms with Gasteiger partial charge in [0.15, 0.2) is 0 Å². The molecule has 0 aliphatic carbocycles. The topological polar surface area (TPSA) is 29.1 Å². The van der Waals surface area contributed by atoms with Gasteiger partial charge in [-0.05, 0) is 44.9 Å². The largest absolute Gasteiger partial charge is 0.314 e. The van der Waals surface area contributed by atoms with Crippen LogP contribution in [0.5, 0.6) is 0 Å². The summed E-state index contributed by atoms with van der Waals surface area (Å²) in [5, 5.41) is 4.07. The molecule has 0 saturated heterocycles. The highest BCUT2D eigenvalue weighted by Crippen LogP contribution is 2.19. The van der Waals surface area contributed by atoms with Gasteiger partial charge in [-0.2, -0.15) is 0 Å². The van der Waals surface area contributed by atoms with E-state index < -0.39 is 10.8 Å². The summed E-state index contributed by atoms with van der Waals surface area (Å²) in [5.41, 5.74) is 0. The fraction of sp³-hybridized carbons (Fsp3) is 0.600. The summed E-state index contributed by atoms with van der Waals surface area (Å²) in [5.74, 6) is 0.699. The highest BCUT2D eigenvalue weighted by Gasteiger charge is 2.08. The maximum atomic E-state index is 12.1. The van der Waals surface area contributed by atoms with Gasteiger partial charge < -0.3 is 5.32 Å². The van der Waals surface area contributed by atoms with E-state index >= 15 is 0 Å². The number of halogens is 1. The Morgan fingerprint density at radius 1 is 1.32 bits per heavy atom. The third-order valence-corrected chi connectivity index (χ3v) is 4.99. The van der Waals surface area contributed by atoms with Crippen LogP contribution in [0.4, 0.5) is 0 Å². The first kappa shape index (κ1) is 16.7. The van der Waals surface area contributed by atoms with Gasteiger partial charge in [-0.3, -0.25) is 4.21 Å². The summed E-state index contributed by atoms with van der Waals surface area (Å²) in [7, 11) is -0.967. The van der Waals surface area contributed by atoms with E-state index in [-0.39, 0.29) is 0 Å². The van der Waals surface area contributed by atoms with Crippen molar-refractivity contribution in [3.05, 3.63) is 29.3 Å². The third-order valence-electron chi connectivity index (χ3n) is 3.04. The molecule has 0 radical (unpaired) electrons. The second kappa shape index (κ2) is 9.51. The molecule has 0 fully saturated rings. The molecular weight excluding hydrogens is 278 g/mol. The monoisotopic (exact) mass is 301 g/mol. The van der Waals surface area contributed by atoms with Crippen LogP contribution in [0.3, 0.4) is 0 Å². The van der Waals surface area contributed by atoms with Gasteiger partial charge >= 0.3 is 0 Å². The molecule has 0 aliphatic rings. The smallest absolute Gasteiger partial charge is 0.0574 e. The summed E-state index contributed by atoms with van der Waals surface area (Å²) < 4.78 is 12.1. The van der Waals surface area contributed by atoms with Crippen LogP contribution in [0, 0.1) is 0 Å². The number of benzene rings is 1. The van der Waals surface area contributed by atoms with E-state index in [2.05, 4.69) is 19.2 Å². The van der Waals surface area contributed by atoms with E-state index in [9.17, 15) is 4.21 Å². The van der Waals surface area contributed by atoms with E-state index in [1.165, 1.54) is 6.42 Å². The average Bonchev–Trinajstić information content (AvgIpc) is 2.41. The van der Waals surface area contributed by atoms with Crippen molar-refractivity contribution in [1.29, 1.82) is 0 Å². The van der Waals surface area contributed by atoms with Crippen LogP contribution in [0.25, 0.3) is 0 Å². The minimum Gasteiger partial charge on any atom is -0.314 e. The van der Waals surface area contributed by atoms with Crippen LogP contribution in [0.15, 0.2) is 29.2 Å². The fourth-order valence-electron chi connectivity index (χ4n) is 1.92. The van der Waals surface area contributed by atoms with Gasteiger partial charge in [0.05, 0.1) is 20.7 Å². The van der Waals surface area contributed by atoms with Crippen molar-refractivity contribution in [3.8, 4) is 0 Å². The Hall–Kier alpha value is -0.380. The lowest BCUT2D eigenvalue weighted by Gasteiger charge is -2.12. The molecule has 2 nitrogen and oxygen atoms in total. The van der Waals surface area contributed by atoms with Crippen LogP contribution in [0.2, 0.25) is 5.02 Å². The van der Waals surface area contributed by atoms with Gasteiger partial charge in [0, 0.05) is 11.8 Å². The molecule has 0 heterocycles. The van der Waals surface area contributed by atoms with Crippen molar-refractivity contribution < 1.29 is 4.21 Å². The van der Waals surface area contributed by atoms with Crippen molar-refractivity contribution in [2.75, 3.05) is 12.3 Å². The van der Waals surface area contributed by atoms with Crippen molar-refractivity contribution in [2.24, 2.45) is 0 Å². The molecule has 1 aromatic rings. The Balaban J connectivity index is 2.23. The van der Waals surface area contributed by atoms with Gasteiger partial charge in [-0.25, -0.2) is 0 Å². The predicted octanol–water partition coefficient (Wildman–Crippen LogP) is 4.01. The lowest BCUT2D eigenvalue weighted by Crippen LogP contribution is -2.26. The molecule has 108 valence electrons. The number of rotatable bonds is 9. The fourth-order valence-corrected chi connectivity index (χ4v) is 3.51. The van der Waals surface area contributed by atoms with E-state index in [0.29, 0.717) is 16.8 Å². The normalized spacial score (nSPS) is 14.3. The second-order valence-electron chi connectivity index (χ2n) is 4.83. The molecule has 1 N–H and O–H groups in total. The molecular formula is C15H24ClNOS. The summed E-state index contributed by atoms with van der Waals surface area (Å²) in [6.45, 7) is 5.46. The van der Waals surface area contributed by atoms with Gasteiger partial charge in [-0.15, -0.1) is 0 Å². The summed E-state index contributed by atoms with van der Waals surface area (Å²) >= 11 is 6.04. The van der Waals surface area contributed by atoms with Crippen LogP contribution < -0.4 is 5.32 Å². The molecule has 0 bridgehead atoms. The minimum absolute atomic E-state index is 0.550. The molecule has 0 aromatic heterocycles. The SMILES string of the molecule is CCCNC(C)CCCCS(=O)c1ccccc1Cl. The lowest BCUT2D eigenvalue weighted by atomic mass is 10.1. The first-order valence-corrected chi connectivity index (χ1v) is 8.71. The molecule has 19 heavy (non-hydrogen) atoms. The lowest BCUT2D eigenvalue weighted by molar-refractivity contribution is 0.495. The van der Waals surface area contributed by atoms with Crippen LogP contribution >= 0.6 is 11.6 Å². The van der Waals surface area contributed by atoms with Crippen molar-refractivity contribution in [3.63, 3.8) is 0 Å². The quantitative estimate of drug-likeness (QED) is 0.698. The van der Waals surface area contributed by atoms with E-state index in [0.717, 1.165) is 30.7 Å². The molecule has 0 amide bonds. The summed E-state index contributed by atoms with van der Waals surface area (Å²) in [6, 6.07) is 7.95. The highest BCUT2D eigenvalue weighted by atomic mass is 35.5. The minimum atomic E-state index is -0.967. The van der Waals surface area contributed by atoms with Gasteiger partial charge in [0.2, 0.25) is 0 Å². The zero-order valence-corrected chi connectivity index (χ0v) is 13.4. The summed E-state index contributed by atoms with van der Waals surface area (Å²) in [4.78, 5) is 0.765. The standard InChI is InChI=1S/C15H24ClNOS/c1-3-11-17-13(2)8-6-7-12-19(18)15-10-5-4-9-14(15)16/h4-5,9-10,13,17H,3,6-8,11-12H2,1-2H3. The van der Waals surface area contributed by atoms with Gasteiger partial charge in [0.25, 0.3) is 0 Å². The van der Waals surface area contributed by atoms with Gasteiger partial charge in [0.1, 0.15) is 0 Å². The Kier molecular flexibility index (Phi) is 8.35. The van der Waals surface area contributed by atoms with Crippen molar-refractivity contribution >= 4 is 22.4 Å². The Labute approximate surface area is 124 Å². The zero-order chi connectivity index (χ0) is 14.1. The Morgan fingerprint density at radius 3 is 2.74 bits per heavy atom. The average molecular weight is 302 g/mol. The first-order valence-electron chi connectivity index (χ1n) is 7.01. The molecule has 0 spiro atoms. The maximum Gasteiger partial charge on any atom is 0.0574 e. The van der Waals surface area contributed by atoms with Gasteiger partial charge in [-0.1, -0.05) is 37.1 Å². The first-order chi connectivity index (χ1) is 9.15. The van der Waals surface area contributed by atoms with Crippen LogP contribution in [0.1, 0.15) is 39.5 Å². The number of hydrogen-bond acceptors (Lipinski definition) is 2. The van der Waals surface area contributed by atoms with Crippen molar-refractivity contribution in [1.82, 2.24) is 5.32 Å². The molecule has 0 aliphatic heterocycles. The summed E-state index contributed by atoms with van der Waals surface area (Å²) in [6.07, 6.45) is 4.39. The predicted molar refractivity (Wildman–Crippen MR) is 84.3 cm³/mol. The molecule has 1 rings (SSSR count). The van der Waals surface area contributed by atoms with Crippen LogP contribution in [-0.4, -0.2) is 22.5 Å². The third kappa shape index (κ3) is 6.55. The molecule has 0 saturated carbocycles. The van der Waals surface area contributed by atoms with Crippen molar-refractivity contribution in [2.45, 2.75) is 50.5 Å². The maximum absolute atomic E-state index is 12.1. The highest BCUT2D eigenvalue weighted by molar-refractivity contribution is 7.85. The molecule has 2 unspecified atom stereocenters. The molecule has 1 aromatic carbocycles. The number of nitrogens with one attached hydrogen (secondary N) is 1. The zero-order valence-electron chi connectivity index (χ0n) is 11.8. The number of unbranched alkanes of at least 4 members (excludes halogenated alkanes) is 1. The van der Waals surface area contributed by atoms with E-state index in [4.69, 9.17) is 11.6 Å². The van der Waals surface area contributed by atoms with E-state index in [1.54, 1.807) is 6.07 Å².